The van der Waals surface area contributed by atoms with Crippen molar-refractivity contribution in [1.29, 1.82) is 0 Å². The van der Waals surface area contributed by atoms with Crippen LogP contribution in [0.2, 0.25) is 0 Å². The van der Waals surface area contributed by atoms with Gasteiger partial charge in [0, 0.05) is 18.7 Å². The normalized spacial score (nSPS) is 10.5. The molecule has 1 amide bonds. The first-order chi connectivity index (χ1) is 11.0. The summed E-state index contributed by atoms with van der Waals surface area (Å²) in [5.41, 5.74) is 1.10. The molecule has 0 aliphatic heterocycles. The zero-order chi connectivity index (χ0) is 16.8. The number of benzene rings is 2. The number of carboxylic acid groups (broad SMARTS) is 1. The van der Waals surface area contributed by atoms with Gasteiger partial charge in [0.15, 0.2) is 0 Å². The molecule has 2 aromatic carbocycles. The Balaban J connectivity index is 2.16. The van der Waals surface area contributed by atoms with E-state index in [9.17, 15) is 14.7 Å². The minimum absolute atomic E-state index is 0.0267. The summed E-state index contributed by atoms with van der Waals surface area (Å²) in [6, 6.07) is 13.4. The van der Waals surface area contributed by atoms with Crippen molar-refractivity contribution >= 4 is 23.6 Å². The second kappa shape index (κ2) is 7.26. The Bertz CT molecular complexity index is 735. The highest BCUT2D eigenvalue weighted by Crippen LogP contribution is 2.19. The number of para-hydroxylation sites is 1. The monoisotopic (exact) mass is 310 g/mol. The molecule has 0 unspecified atom stereocenters. The van der Waals surface area contributed by atoms with Crippen LogP contribution in [0.4, 0.5) is 5.69 Å². The summed E-state index contributed by atoms with van der Waals surface area (Å²) in [6.07, 6.45) is 3.04. The average molecular weight is 310 g/mol. The van der Waals surface area contributed by atoms with Crippen LogP contribution in [-0.2, 0) is 4.79 Å². The highest BCUT2D eigenvalue weighted by molar-refractivity contribution is 6.07. The largest absolute Gasteiger partial charge is 0.545 e. The molecule has 2 rings (SSSR count). The molecule has 0 spiro atoms. The van der Waals surface area contributed by atoms with Crippen LogP contribution in [0.3, 0.4) is 0 Å². The van der Waals surface area contributed by atoms with E-state index in [0.717, 1.165) is 11.3 Å². The van der Waals surface area contributed by atoms with Crippen LogP contribution >= 0.6 is 0 Å². The molecule has 0 N–H and O–H groups in total. The molecule has 0 fully saturated rings. The number of carboxylic acids is 1. The van der Waals surface area contributed by atoms with Gasteiger partial charge in [-0.3, -0.25) is 4.79 Å². The molecule has 0 atom stereocenters. The number of hydrogen-bond acceptors (Lipinski definition) is 4. The summed E-state index contributed by atoms with van der Waals surface area (Å²) in [5.74, 6) is -0.928. The molecular weight excluding hydrogens is 294 g/mol. The molecule has 0 radical (unpaired) electrons. The maximum atomic E-state index is 12.2. The quantitative estimate of drug-likeness (QED) is 0.789. The van der Waals surface area contributed by atoms with E-state index < -0.39 is 5.97 Å². The lowest BCUT2D eigenvalue weighted by molar-refractivity contribution is -0.254. The Hall–Kier alpha value is -3.08. The number of ether oxygens (including phenoxy) is 1. The van der Waals surface area contributed by atoms with Crippen LogP contribution in [0.5, 0.6) is 5.75 Å². The van der Waals surface area contributed by atoms with Crippen molar-refractivity contribution in [2.45, 2.75) is 0 Å². The number of methoxy groups -OCH3 is 1. The first kappa shape index (κ1) is 16.3. The van der Waals surface area contributed by atoms with Crippen molar-refractivity contribution in [3.63, 3.8) is 0 Å². The van der Waals surface area contributed by atoms with Crippen molar-refractivity contribution in [3.8, 4) is 5.75 Å². The topological polar surface area (TPSA) is 69.7 Å². The molecule has 5 nitrogen and oxygen atoms in total. The molecule has 0 aromatic heterocycles. The number of carbonyl (C=O) groups is 2. The first-order valence-corrected chi connectivity index (χ1v) is 6.93. The molecule has 0 heterocycles. The lowest BCUT2D eigenvalue weighted by Crippen LogP contribution is -2.29. The maximum absolute atomic E-state index is 12.2. The van der Waals surface area contributed by atoms with Crippen LogP contribution in [0.25, 0.3) is 6.08 Å². The standard InChI is InChI=1S/C18H17NO4/c1-19(16-6-4-3-5-15(16)18(21)22)17(20)12-9-13-7-10-14(23-2)11-8-13/h3-12H,1-2H3,(H,21,22)/p-1/b12-9+. The molecule has 0 bridgehead atoms. The summed E-state index contributed by atoms with van der Waals surface area (Å²) in [6.45, 7) is 0. The van der Waals surface area contributed by atoms with Gasteiger partial charge in [-0.25, -0.2) is 0 Å². The molecule has 23 heavy (non-hydrogen) atoms. The van der Waals surface area contributed by atoms with Gasteiger partial charge in [-0.05, 0) is 29.8 Å². The number of rotatable bonds is 5. The maximum Gasteiger partial charge on any atom is 0.250 e. The predicted molar refractivity (Wildman–Crippen MR) is 86.2 cm³/mol. The predicted octanol–water partition coefficient (Wildman–Crippen LogP) is 1.73. The summed E-state index contributed by atoms with van der Waals surface area (Å²) in [7, 11) is 3.10. The van der Waals surface area contributed by atoms with E-state index in [1.165, 1.54) is 24.1 Å². The fourth-order valence-electron chi connectivity index (χ4n) is 2.05. The van der Waals surface area contributed by atoms with Gasteiger partial charge in [-0.1, -0.05) is 30.3 Å². The molecule has 0 saturated carbocycles. The zero-order valence-electron chi connectivity index (χ0n) is 12.9. The van der Waals surface area contributed by atoms with Gasteiger partial charge in [-0.15, -0.1) is 0 Å². The third-order valence-corrected chi connectivity index (χ3v) is 3.35. The van der Waals surface area contributed by atoms with E-state index in [1.807, 2.05) is 12.1 Å². The third-order valence-electron chi connectivity index (χ3n) is 3.35. The number of amides is 1. The number of hydrogen-bond donors (Lipinski definition) is 0. The Morgan fingerprint density at radius 2 is 1.74 bits per heavy atom. The van der Waals surface area contributed by atoms with E-state index in [0.29, 0.717) is 0 Å². The van der Waals surface area contributed by atoms with Gasteiger partial charge in [0.25, 0.3) is 5.91 Å². The van der Waals surface area contributed by atoms with E-state index in [-0.39, 0.29) is 17.2 Å². The van der Waals surface area contributed by atoms with Gasteiger partial charge in [-0.2, -0.15) is 0 Å². The SMILES string of the molecule is COc1ccc(/C=C/C(=O)N(C)c2ccccc2C(=O)[O-])cc1. The first-order valence-electron chi connectivity index (χ1n) is 6.93. The molecular formula is C18H16NO4-. The van der Waals surface area contributed by atoms with Crippen LogP contribution < -0.4 is 14.7 Å². The van der Waals surface area contributed by atoms with Crippen molar-refractivity contribution in [3.05, 3.63) is 65.7 Å². The molecule has 0 aliphatic carbocycles. The van der Waals surface area contributed by atoms with E-state index in [2.05, 4.69) is 0 Å². The summed E-state index contributed by atoms with van der Waals surface area (Å²) in [4.78, 5) is 24.6. The number of likely N-dealkylation sites (N-methyl/N-ethyl adjacent to an activating group) is 1. The van der Waals surface area contributed by atoms with Crippen molar-refractivity contribution in [1.82, 2.24) is 0 Å². The summed E-state index contributed by atoms with van der Waals surface area (Å²) >= 11 is 0. The van der Waals surface area contributed by atoms with Gasteiger partial charge in [0.2, 0.25) is 0 Å². The fraction of sp³-hybridized carbons (Fsp3) is 0.111. The van der Waals surface area contributed by atoms with Gasteiger partial charge >= 0.3 is 0 Å². The van der Waals surface area contributed by atoms with Crippen molar-refractivity contribution < 1.29 is 19.4 Å². The number of anilines is 1. The second-order valence-electron chi connectivity index (χ2n) is 4.81. The Kier molecular flexibility index (Phi) is 5.15. The lowest BCUT2D eigenvalue weighted by atomic mass is 10.1. The van der Waals surface area contributed by atoms with Gasteiger partial charge in [0.1, 0.15) is 5.75 Å². The number of carbonyl (C=O) groups excluding carboxylic acids is 2. The fourth-order valence-corrected chi connectivity index (χ4v) is 2.05. The van der Waals surface area contributed by atoms with Crippen LogP contribution in [0.15, 0.2) is 54.6 Å². The molecule has 5 heteroatoms. The number of nitrogens with zero attached hydrogens (tertiary/aromatic N) is 1. The third kappa shape index (κ3) is 3.97. The molecule has 118 valence electrons. The molecule has 2 aromatic rings. The van der Waals surface area contributed by atoms with E-state index in [1.54, 1.807) is 43.5 Å². The average Bonchev–Trinajstić information content (AvgIpc) is 2.59. The highest BCUT2D eigenvalue weighted by atomic mass is 16.5. The Morgan fingerprint density at radius 3 is 2.35 bits per heavy atom. The van der Waals surface area contributed by atoms with Gasteiger partial charge in [0.05, 0.1) is 18.8 Å². The van der Waals surface area contributed by atoms with Crippen LogP contribution in [0, 0.1) is 0 Å². The van der Waals surface area contributed by atoms with Crippen molar-refractivity contribution in [2.24, 2.45) is 0 Å². The molecule has 0 saturated heterocycles. The van der Waals surface area contributed by atoms with E-state index >= 15 is 0 Å². The highest BCUT2D eigenvalue weighted by Gasteiger charge is 2.12. The van der Waals surface area contributed by atoms with Crippen LogP contribution in [-0.4, -0.2) is 26.0 Å². The van der Waals surface area contributed by atoms with Crippen molar-refractivity contribution in [2.75, 3.05) is 19.1 Å². The second-order valence-corrected chi connectivity index (χ2v) is 4.81. The lowest BCUT2D eigenvalue weighted by Gasteiger charge is -2.19. The number of aromatic carboxylic acids is 1. The minimum atomic E-state index is -1.32. The van der Waals surface area contributed by atoms with Gasteiger partial charge < -0.3 is 19.5 Å². The Labute approximate surface area is 134 Å². The smallest absolute Gasteiger partial charge is 0.250 e. The molecule has 0 aliphatic rings. The summed E-state index contributed by atoms with van der Waals surface area (Å²) < 4.78 is 5.07. The zero-order valence-corrected chi connectivity index (χ0v) is 12.9. The van der Waals surface area contributed by atoms with E-state index in [4.69, 9.17) is 4.74 Å². The van der Waals surface area contributed by atoms with Crippen LogP contribution in [0.1, 0.15) is 15.9 Å². The minimum Gasteiger partial charge on any atom is -0.545 e. The Morgan fingerprint density at radius 1 is 1.09 bits per heavy atom. The summed E-state index contributed by atoms with van der Waals surface area (Å²) in [5, 5.41) is 11.1.